The van der Waals surface area contributed by atoms with E-state index in [1.54, 1.807) is 0 Å². The topological polar surface area (TPSA) is 63.6 Å². The summed E-state index contributed by atoms with van der Waals surface area (Å²) < 4.78 is 6.26. The summed E-state index contributed by atoms with van der Waals surface area (Å²) in [4.78, 5) is 26.2. The molecule has 3 aromatic rings. The van der Waals surface area contributed by atoms with Gasteiger partial charge in [-0.2, -0.15) is 0 Å². The number of hydrogen-bond acceptors (Lipinski definition) is 3. The molecule has 2 aliphatic rings. The van der Waals surface area contributed by atoms with Crippen molar-refractivity contribution in [3.8, 4) is 0 Å². The predicted molar refractivity (Wildman–Crippen MR) is 131 cm³/mol. The zero-order valence-electron chi connectivity index (χ0n) is 19.1. The smallest absolute Gasteiger partial charge is 0.310 e. The molecule has 2 saturated carbocycles. The van der Waals surface area contributed by atoms with E-state index in [1.807, 2.05) is 78.9 Å². The van der Waals surface area contributed by atoms with Crippen LogP contribution in [0.2, 0.25) is 0 Å². The third-order valence-corrected chi connectivity index (χ3v) is 7.67. The highest BCUT2D eigenvalue weighted by Crippen LogP contribution is 2.58. The molecule has 3 aromatic carbocycles. The van der Waals surface area contributed by atoms with Gasteiger partial charge in [-0.25, -0.2) is 0 Å². The Hall–Kier alpha value is -3.40. The van der Waals surface area contributed by atoms with E-state index in [-0.39, 0.29) is 18.0 Å². The highest BCUT2D eigenvalue weighted by molar-refractivity contribution is 5.84. The van der Waals surface area contributed by atoms with Gasteiger partial charge in [-0.15, -0.1) is 0 Å². The molecule has 4 nitrogen and oxygen atoms in total. The van der Waals surface area contributed by atoms with E-state index in [2.05, 4.69) is 12.1 Å². The van der Waals surface area contributed by atoms with Gasteiger partial charge in [0.15, 0.2) is 0 Å². The monoisotopic (exact) mass is 454 g/mol. The number of carbonyl (C=O) groups is 2. The van der Waals surface area contributed by atoms with Crippen molar-refractivity contribution >= 4 is 11.9 Å². The van der Waals surface area contributed by atoms with E-state index < -0.39 is 29.6 Å². The van der Waals surface area contributed by atoms with Gasteiger partial charge in [0.2, 0.25) is 0 Å². The van der Waals surface area contributed by atoms with Crippen molar-refractivity contribution in [2.75, 3.05) is 0 Å². The fraction of sp³-hybridized carbons (Fsp3) is 0.333. The molecule has 2 fully saturated rings. The van der Waals surface area contributed by atoms with Crippen molar-refractivity contribution in [1.29, 1.82) is 0 Å². The van der Waals surface area contributed by atoms with Gasteiger partial charge >= 0.3 is 11.9 Å². The van der Waals surface area contributed by atoms with Crippen LogP contribution in [0, 0.1) is 11.8 Å². The van der Waals surface area contributed by atoms with Gasteiger partial charge in [0, 0.05) is 17.8 Å². The number of hydrogen-bond donors (Lipinski definition) is 1. The first kappa shape index (κ1) is 22.4. The lowest BCUT2D eigenvalue weighted by Gasteiger charge is -2.49. The third kappa shape index (κ3) is 4.25. The van der Waals surface area contributed by atoms with Gasteiger partial charge in [0.1, 0.15) is 6.10 Å². The number of benzene rings is 3. The lowest BCUT2D eigenvalue weighted by molar-refractivity contribution is -0.170. The molecule has 4 atom stereocenters. The lowest BCUT2D eigenvalue weighted by Crippen LogP contribution is -2.52. The Morgan fingerprint density at radius 2 is 1.12 bits per heavy atom. The minimum atomic E-state index is -0.869. The van der Waals surface area contributed by atoms with Crippen molar-refractivity contribution in [2.45, 2.75) is 49.5 Å². The largest absolute Gasteiger partial charge is 0.481 e. The van der Waals surface area contributed by atoms with Crippen LogP contribution in [0.5, 0.6) is 0 Å². The van der Waals surface area contributed by atoms with Crippen LogP contribution >= 0.6 is 0 Å². The molecule has 0 amide bonds. The van der Waals surface area contributed by atoms with Crippen molar-refractivity contribution in [2.24, 2.45) is 11.8 Å². The molecule has 5 rings (SSSR count). The normalized spacial score (nSPS) is 28.5. The van der Waals surface area contributed by atoms with Crippen molar-refractivity contribution < 1.29 is 19.4 Å². The van der Waals surface area contributed by atoms with Crippen LogP contribution < -0.4 is 0 Å². The Morgan fingerprint density at radius 1 is 0.647 bits per heavy atom. The first-order valence-corrected chi connectivity index (χ1v) is 12.2. The van der Waals surface area contributed by atoms with Crippen molar-refractivity contribution in [1.82, 2.24) is 0 Å². The maximum atomic E-state index is 13.8. The quantitative estimate of drug-likeness (QED) is 0.454. The number of carboxylic acids is 1. The number of carboxylic acid groups (broad SMARTS) is 1. The average molecular weight is 455 g/mol. The molecule has 0 bridgehead atoms. The van der Waals surface area contributed by atoms with Gasteiger partial charge in [0.25, 0.3) is 0 Å². The van der Waals surface area contributed by atoms with E-state index in [0.717, 1.165) is 36.8 Å². The van der Waals surface area contributed by atoms with Gasteiger partial charge in [-0.1, -0.05) is 97.4 Å². The van der Waals surface area contributed by atoms with E-state index in [1.165, 1.54) is 5.56 Å². The van der Waals surface area contributed by atoms with E-state index in [9.17, 15) is 14.7 Å². The molecule has 0 spiro atoms. The maximum absolute atomic E-state index is 13.8. The highest BCUT2D eigenvalue weighted by Gasteiger charge is 2.59. The molecule has 0 saturated heterocycles. The molecular formula is C30H30O4. The number of aliphatic carboxylic acids is 1. The molecule has 4 heteroatoms. The Bertz CT molecular complexity index is 1060. The molecule has 0 radical (unpaired) electrons. The number of ether oxygens (including phenoxy) is 1. The highest BCUT2D eigenvalue weighted by atomic mass is 16.5. The second-order valence-electron chi connectivity index (χ2n) is 9.54. The predicted octanol–water partition coefficient (Wildman–Crippen LogP) is 6.15. The number of carbonyl (C=O) groups excluding carboxylic acids is 1. The standard InChI is InChI=1S/C30H30O4/c31-29(32)27-25(21-14-6-2-7-15-21)28(26(27)22-16-8-3-9-17-22)30(33)34-24-19-11-10-18-23(24)20-12-4-1-5-13-20/h1-9,12-17,23-28H,10-11,18-19H2,(H,31,32)/t23?,24-,25+,26+,27?,28?/m0/s1. The second kappa shape index (κ2) is 9.84. The van der Waals surface area contributed by atoms with Gasteiger partial charge < -0.3 is 9.84 Å². The SMILES string of the molecule is O=C(O)C1[C@@H](c2ccccc2)C(C(=O)O[C@H]2CCCCC2c2ccccc2)[C@@H]1c1ccccc1. The van der Waals surface area contributed by atoms with Crippen LogP contribution in [0.15, 0.2) is 91.0 Å². The van der Waals surface area contributed by atoms with Crippen molar-refractivity contribution in [3.05, 3.63) is 108 Å². The summed E-state index contributed by atoms with van der Waals surface area (Å²) in [5, 5.41) is 10.2. The minimum Gasteiger partial charge on any atom is -0.481 e. The number of esters is 1. The summed E-state index contributed by atoms with van der Waals surface area (Å²) in [5.74, 6) is -2.97. The third-order valence-electron chi connectivity index (χ3n) is 7.67. The zero-order chi connectivity index (χ0) is 23.5. The van der Waals surface area contributed by atoms with Crippen LogP contribution in [0.1, 0.15) is 60.1 Å². The summed E-state index contributed by atoms with van der Waals surface area (Å²) in [5.41, 5.74) is 2.97. The summed E-state index contributed by atoms with van der Waals surface area (Å²) in [6.07, 6.45) is 3.81. The average Bonchev–Trinajstić information content (AvgIpc) is 2.85. The summed E-state index contributed by atoms with van der Waals surface area (Å²) in [6, 6.07) is 29.4. The maximum Gasteiger partial charge on any atom is 0.310 e. The van der Waals surface area contributed by atoms with Gasteiger partial charge in [0.05, 0.1) is 11.8 Å². The lowest BCUT2D eigenvalue weighted by atomic mass is 9.52. The summed E-state index contributed by atoms with van der Waals surface area (Å²) in [6.45, 7) is 0. The molecule has 0 heterocycles. The van der Waals surface area contributed by atoms with Crippen LogP contribution in [-0.4, -0.2) is 23.1 Å². The van der Waals surface area contributed by atoms with Crippen LogP contribution in [0.4, 0.5) is 0 Å². The molecule has 34 heavy (non-hydrogen) atoms. The Kier molecular flexibility index (Phi) is 6.48. The molecule has 0 aliphatic heterocycles. The van der Waals surface area contributed by atoms with E-state index in [4.69, 9.17) is 4.74 Å². The molecule has 1 unspecified atom stereocenters. The second-order valence-corrected chi connectivity index (χ2v) is 9.54. The fourth-order valence-corrected chi connectivity index (χ4v) is 6.08. The molecule has 1 N–H and O–H groups in total. The Balaban J connectivity index is 1.46. The first-order valence-electron chi connectivity index (χ1n) is 12.2. The van der Waals surface area contributed by atoms with Gasteiger partial charge in [-0.05, 0) is 36.0 Å². The molecule has 174 valence electrons. The zero-order valence-corrected chi connectivity index (χ0v) is 19.1. The molecule has 0 aromatic heterocycles. The summed E-state index contributed by atoms with van der Waals surface area (Å²) in [7, 11) is 0. The van der Waals surface area contributed by atoms with Crippen molar-refractivity contribution in [3.63, 3.8) is 0 Å². The fourth-order valence-electron chi connectivity index (χ4n) is 6.08. The van der Waals surface area contributed by atoms with Crippen LogP contribution in [0.25, 0.3) is 0 Å². The van der Waals surface area contributed by atoms with Crippen LogP contribution in [-0.2, 0) is 14.3 Å². The Labute approximate surface area is 200 Å². The van der Waals surface area contributed by atoms with Crippen LogP contribution in [0.3, 0.4) is 0 Å². The molecule has 2 aliphatic carbocycles. The van der Waals surface area contributed by atoms with E-state index >= 15 is 0 Å². The van der Waals surface area contributed by atoms with E-state index in [0.29, 0.717) is 0 Å². The summed E-state index contributed by atoms with van der Waals surface area (Å²) >= 11 is 0. The Morgan fingerprint density at radius 3 is 1.62 bits per heavy atom. The van der Waals surface area contributed by atoms with Gasteiger partial charge in [-0.3, -0.25) is 9.59 Å². The minimum absolute atomic E-state index is 0.180. The molecular weight excluding hydrogens is 424 g/mol. The number of rotatable bonds is 6. The first-order chi connectivity index (χ1) is 16.6.